The lowest BCUT2D eigenvalue weighted by Crippen LogP contribution is -2.11. The Hall–Kier alpha value is -7.06. The number of hydrogen-bond acceptors (Lipinski definition) is 0. The van der Waals surface area contributed by atoms with E-state index in [0.717, 1.165) is 103 Å². The van der Waals surface area contributed by atoms with Gasteiger partial charge in [-0.15, -0.1) is 0 Å². The lowest BCUT2D eigenvalue weighted by Gasteiger charge is -2.25. The van der Waals surface area contributed by atoms with Crippen LogP contribution in [0.4, 0.5) is 0 Å². The van der Waals surface area contributed by atoms with Crippen LogP contribution < -0.4 is 0 Å². The van der Waals surface area contributed by atoms with E-state index in [1.165, 1.54) is 143 Å². The molecular formula is C74H80N8. The minimum absolute atomic E-state index is 0.980. The molecule has 2 aromatic carbocycles. The van der Waals surface area contributed by atoms with E-state index in [1.807, 2.05) is 0 Å². The zero-order chi connectivity index (χ0) is 56.2. The van der Waals surface area contributed by atoms with Crippen LogP contribution in [0.2, 0.25) is 0 Å². The van der Waals surface area contributed by atoms with Gasteiger partial charge in [0.05, 0.1) is 132 Å². The van der Waals surface area contributed by atoms with Crippen LogP contribution in [0.15, 0.2) is 0 Å². The van der Waals surface area contributed by atoms with Gasteiger partial charge in [0.25, 0.3) is 0 Å². The summed E-state index contributed by atoms with van der Waals surface area (Å²) >= 11 is 0. The molecule has 0 amide bonds. The zero-order valence-corrected chi connectivity index (χ0v) is 51.9. The molecular weight excluding hydrogens is 1000 g/mol. The summed E-state index contributed by atoms with van der Waals surface area (Å²) in [4.78, 5) is 0. The fourth-order valence-corrected chi connectivity index (χ4v) is 20.5. The van der Waals surface area contributed by atoms with E-state index in [2.05, 4.69) is 146 Å². The van der Waals surface area contributed by atoms with Gasteiger partial charge in [-0.2, -0.15) is 0 Å². The Kier molecular flexibility index (Phi) is 9.20. The molecule has 0 saturated heterocycles. The lowest BCUT2D eigenvalue weighted by molar-refractivity contribution is 1.06. The number of nitrogens with zero attached hydrogens (tertiary/aromatic N) is 8. The Labute approximate surface area is 478 Å². The smallest absolute Gasteiger partial charge is 0.0977 e. The number of rotatable bonds is 16. The first-order chi connectivity index (χ1) is 40.2. The molecule has 0 atom stereocenters. The molecule has 0 spiro atoms. The molecule has 18 rings (SSSR count). The van der Waals surface area contributed by atoms with Gasteiger partial charge in [-0.1, -0.05) is 111 Å². The van der Waals surface area contributed by atoms with E-state index in [9.17, 15) is 0 Å². The van der Waals surface area contributed by atoms with Crippen molar-refractivity contribution in [1.82, 2.24) is 35.2 Å². The molecule has 8 heteroatoms. The molecule has 0 unspecified atom stereocenters. The summed E-state index contributed by atoms with van der Waals surface area (Å²) in [6, 6.07) is 0. The van der Waals surface area contributed by atoms with Crippen LogP contribution in [0.3, 0.4) is 0 Å². The molecule has 16 heterocycles. The van der Waals surface area contributed by atoms with Crippen LogP contribution in [-0.4, -0.2) is 35.2 Å². The van der Waals surface area contributed by atoms with Crippen LogP contribution >= 0.6 is 0 Å². The molecule has 18 aromatic rings. The maximum atomic E-state index is 3.00. The van der Waals surface area contributed by atoms with Gasteiger partial charge in [0.1, 0.15) is 0 Å². The predicted molar refractivity (Wildman–Crippen MR) is 351 cm³/mol. The molecule has 0 radical (unpaired) electrons. The van der Waals surface area contributed by atoms with Crippen LogP contribution in [0, 0.1) is 0 Å². The summed E-state index contributed by atoms with van der Waals surface area (Å²) in [6.45, 7) is 39.6. The standard InChI is InChI=1S/C74H80N8/c1-17-33-37(21-5)55-59-41(25-9)45(29-13)63-64-47(31-15)43(27-11)61-57-39(23-7)35(19-3)53-54-36(20-4)40(24-8)58-62-44(28-12)48(32-16)66-65-46(30-14)42(26-10)60-56-38(22-6)34(18-2)52-51(33)75(55)67-49-50(69(77(53)57)73(81(61)64)71(67)79(59)63)70(78(54)58)74(82(62)66)72(80(60)65)68(49)76(52)56/h17-32H2,1-16H3. The largest absolute Gasteiger partial charge is 0.303 e. The summed E-state index contributed by atoms with van der Waals surface area (Å²) in [5, 5.41) is 2.91. The van der Waals surface area contributed by atoms with E-state index in [-0.39, 0.29) is 0 Å². The highest BCUT2D eigenvalue weighted by Gasteiger charge is 2.43. The van der Waals surface area contributed by atoms with Crippen molar-refractivity contribution in [3.63, 3.8) is 0 Å². The van der Waals surface area contributed by atoms with E-state index in [1.54, 1.807) is 89.0 Å². The fourth-order valence-electron chi connectivity index (χ4n) is 20.5. The summed E-state index contributed by atoms with van der Waals surface area (Å²) in [6.07, 6.45) is 15.8. The van der Waals surface area contributed by atoms with Gasteiger partial charge in [0.2, 0.25) is 0 Å². The molecule has 8 nitrogen and oxygen atoms in total. The number of aryl methyl sites for hydroxylation is 16. The van der Waals surface area contributed by atoms with Crippen LogP contribution in [0.1, 0.15) is 200 Å². The third-order valence-electron chi connectivity index (χ3n) is 22.8. The average Bonchev–Trinajstić information content (AvgIpc) is 1.46. The van der Waals surface area contributed by atoms with Crippen molar-refractivity contribution in [2.75, 3.05) is 0 Å². The van der Waals surface area contributed by atoms with Gasteiger partial charge in [-0.25, -0.2) is 0 Å². The van der Waals surface area contributed by atoms with Gasteiger partial charge < -0.3 is 35.2 Å². The average molecular weight is 1080 g/mol. The number of aromatic nitrogens is 8. The second-order valence-electron chi connectivity index (χ2n) is 25.1. The minimum Gasteiger partial charge on any atom is -0.303 e. The van der Waals surface area contributed by atoms with Crippen molar-refractivity contribution in [1.29, 1.82) is 0 Å². The quantitative estimate of drug-likeness (QED) is 0.0683. The summed E-state index contributed by atoms with van der Waals surface area (Å²) in [5.41, 5.74) is 59.8. The van der Waals surface area contributed by atoms with Gasteiger partial charge in [-0.3, -0.25) is 0 Å². The second-order valence-corrected chi connectivity index (χ2v) is 25.1. The Bertz CT molecular complexity index is 5040. The first kappa shape index (κ1) is 48.5. The topological polar surface area (TPSA) is 35.3 Å². The summed E-state index contributed by atoms with van der Waals surface area (Å²) in [7, 11) is 0. The summed E-state index contributed by atoms with van der Waals surface area (Å²) in [5.74, 6) is 0. The normalized spacial score (nSPS) is 13.9. The number of benzene rings is 2. The number of fused-ring (bicyclic) bond motifs is 8. The molecule has 82 heavy (non-hydrogen) atoms. The molecule has 0 N–H and O–H groups in total. The van der Waals surface area contributed by atoms with Gasteiger partial charge >= 0.3 is 0 Å². The monoisotopic (exact) mass is 1080 g/mol. The third-order valence-corrected chi connectivity index (χ3v) is 22.8. The Morgan fingerprint density at radius 3 is 0.293 bits per heavy atom. The number of hydrogen-bond donors (Lipinski definition) is 0. The summed E-state index contributed by atoms with van der Waals surface area (Å²) < 4.78 is 23.9. The van der Waals surface area contributed by atoms with Crippen LogP contribution in [0.5, 0.6) is 0 Å². The highest BCUT2D eigenvalue weighted by Crippen LogP contribution is 2.59. The molecule has 0 aliphatic carbocycles. The molecule has 0 aliphatic heterocycles. The van der Waals surface area contributed by atoms with Crippen molar-refractivity contribution in [3.8, 4) is 0 Å². The molecule has 0 fully saturated rings. The Morgan fingerprint density at radius 2 is 0.207 bits per heavy atom. The highest BCUT2D eigenvalue weighted by atomic mass is 15.2. The molecule has 0 aliphatic rings. The molecule has 416 valence electrons. The van der Waals surface area contributed by atoms with Crippen molar-refractivity contribution in [3.05, 3.63) is 89.0 Å². The predicted octanol–water partition coefficient (Wildman–Crippen LogP) is 18.6. The van der Waals surface area contributed by atoms with Gasteiger partial charge in [0, 0.05) is 10.8 Å². The maximum Gasteiger partial charge on any atom is 0.0977 e. The van der Waals surface area contributed by atoms with Crippen molar-refractivity contribution in [2.45, 2.75) is 214 Å². The van der Waals surface area contributed by atoms with Crippen molar-refractivity contribution in [2.24, 2.45) is 0 Å². The van der Waals surface area contributed by atoms with E-state index in [4.69, 9.17) is 0 Å². The second kappa shape index (κ2) is 15.6. The van der Waals surface area contributed by atoms with Crippen LogP contribution in [0.25, 0.3) is 143 Å². The van der Waals surface area contributed by atoms with Gasteiger partial charge in [0.15, 0.2) is 0 Å². The molecule has 16 aromatic heterocycles. The first-order valence-corrected chi connectivity index (χ1v) is 33.1. The van der Waals surface area contributed by atoms with E-state index >= 15 is 0 Å². The van der Waals surface area contributed by atoms with Crippen LogP contribution in [-0.2, 0) is 103 Å². The first-order valence-electron chi connectivity index (χ1n) is 33.1. The minimum atomic E-state index is 0.980. The Balaban J connectivity index is 1.41. The van der Waals surface area contributed by atoms with Crippen molar-refractivity contribution >= 4 is 143 Å². The van der Waals surface area contributed by atoms with Crippen molar-refractivity contribution < 1.29 is 0 Å². The molecule has 0 bridgehead atoms. The third kappa shape index (κ3) is 4.40. The fraction of sp³-hybridized carbons (Fsp3) is 0.432. The van der Waals surface area contributed by atoms with E-state index in [0.29, 0.717) is 0 Å². The lowest BCUT2D eigenvalue weighted by atomic mass is 9.98. The SMILES string of the molecule is CCc1c(CC)c2c3c(CC)c(CC)c4c5c(CC)c(CC)c6c7c(CC)c(CC)c8c9c(CC)c(CC)c%10c%11c(CC)c(CC)c%12c%13c(CC)c(CC)c%14c%15c(CC)c(CC)c%16c1n2c1c2c(c(c(c1n34)n65)n87)c(c(c(c2n%16%15)n%14%13)n%11%12)n9%10. The van der Waals surface area contributed by atoms with E-state index < -0.39 is 0 Å². The molecule has 0 saturated carbocycles. The van der Waals surface area contributed by atoms with Gasteiger partial charge in [-0.05, 0) is 192 Å². The zero-order valence-electron chi connectivity index (χ0n) is 51.9. The highest BCUT2D eigenvalue weighted by molar-refractivity contribution is 6.41. The maximum absolute atomic E-state index is 3.00. The Morgan fingerprint density at radius 1 is 0.122 bits per heavy atom.